The largest absolute Gasteiger partial charge is 0.338 e. The van der Waals surface area contributed by atoms with E-state index in [1.165, 1.54) is 30.6 Å². The minimum Gasteiger partial charge on any atom is -0.338 e. The van der Waals surface area contributed by atoms with Crippen LogP contribution >= 0.6 is 22.9 Å². The molecule has 0 saturated carbocycles. The quantitative estimate of drug-likeness (QED) is 0.385. The van der Waals surface area contributed by atoms with Crippen LogP contribution in [-0.2, 0) is 0 Å². The monoisotopic (exact) mass is 485 g/mol. The van der Waals surface area contributed by atoms with Crippen LogP contribution < -0.4 is 16.0 Å². The molecule has 4 rings (SSSR count). The van der Waals surface area contributed by atoms with Gasteiger partial charge in [0.2, 0.25) is 0 Å². The van der Waals surface area contributed by atoms with Crippen LogP contribution in [0.3, 0.4) is 0 Å². The second kappa shape index (κ2) is 11.0. The number of fused-ring (bicyclic) bond motifs is 1. The Labute approximate surface area is 202 Å². The van der Waals surface area contributed by atoms with Crippen molar-refractivity contribution < 1.29 is 9.59 Å². The van der Waals surface area contributed by atoms with Gasteiger partial charge in [0.1, 0.15) is 0 Å². The van der Waals surface area contributed by atoms with E-state index in [1.807, 2.05) is 19.1 Å². The molecule has 0 radical (unpaired) electrons. The molecule has 33 heavy (non-hydrogen) atoms. The highest BCUT2D eigenvalue weighted by atomic mass is 35.5. The van der Waals surface area contributed by atoms with Crippen molar-refractivity contribution >= 4 is 55.9 Å². The van der Waals surface area contributed by atoms with Gasteiger partial charge >= 0.3 is 6.03 Å². The van der Waals surface area contributed by atoms with E-state index in [0.29, 0.717) is 27.9 Å². The smallest absolute Gasteiger partial charge is 0.321 e. The van der Waals surface area contributed by atoms with Crippen LogP contribution in [0.4, 0.5) is 15.6 Å². The fraction of sp³-hybridized carbons (Fsp3) is 0.375. The van der Waals surface area contributed by atoms with E-state index in [1.54, 1.807) is 24.3 Å². The lowest BCUT2D eigenvalue weighted by Crippen LogP contribution is -2.34. The van der Waals surface area contributed by atoms with Gasteiger partial charge in [-0.15, -0.1) is 0 Å². The first-order valence-electron chi connectivity index (χ1n) is 11.2. The number of aromatic nitrogens is 1. The molecule has 0 aliphatic carbocycles. The molecule has 0 unspecified atom stereocenters. The molecule has 3 aromatic rings. The summed E-state index contributed by atoms with van der Waals surface area (Å²) in [5.74, 6) is -0.248. The second-order valence-electron chi connectivity index (χ2n) is 8.22. The highest BCUT2D eigenvalue weighted by Crippen LogP contribution is 2.29. The molecule has 0 spiro atoms. The Morgan fingerprint density at radius 3 is 2.73 bits per heavy atom. The Hall–Kier alpha value is -2.68. The van der Waals surface area contributed by atoms with E-state index < -0.39 is 0 Å². The molecule has 174 valence electrons. The molecule has 9 heteroatoms. The van der Waals surface area contributed by atoms with E-state index in [2.05, 4.69) is 25.8 Å². The van der Waals surface area contributed by atoms with Gasteiger partial charge in [0.25, 0.3) is 5.91 Å². The highest BCUT2D eigenvalue weighted by Gasteiger charge is 2.14. The topological polar surface area (TPSA) is 86.4 Å². The summed E-state index contributed by atoms with van der Waals surface area (Å²) in [6.45, 7) is 5.86. The third-order valence-electron chi connectivity index (χ3n) is 5.72. The summed E-state index contributed by atoms with van der Waals surface area (Å²) in [4.78, 5) is 31.9. The molecular weight excluding hydrogens is 458 g/mol. The van der Waals surface area contributed by atoms with Crippen molar-refractivity contribution in [1.82, 2.24) is 15.2 Å². The lowest BCUT2D eigenvalue weighted by molar-refractivity contribution is 0.102. The number of urea groups is 1. The summed E-state index contributed by atoms with van der Waals surface area (Å²) in [6, 6.07) is 10.5. The average Bonchev–Trinajstić information content (AvgIpc) is 3.21. The molecule has 1 aromatic heterocycles. The van der Waals surface area contributed by atoms with Crippen molar-refractivity contribution in [1.29, 1.82) is 0 Å². The molecule has 1 aliphatic rings. The number of aryl methyl sites for hydroxylation is 1. The SMILES string of the molecule is Cc1cccc(Cl)c1NC(=O)c1ccc2nc(NC(=O)NCCCN3CCCCC3)sc2c1. The van der Waals surface area contributed by atoms with Crippen molar-refractivity contribution in [2.45, 2.75) is 32.6 Å². The van der Waals surface area contributed by atoms with E-state index in [4.69, 9.17) is 11.6 Å². The molecule has 3 N–H and O–H groups in total. The molecule has 2 heterocycles. The fourth-order valence-corrected chi connectivity index (χ4v) is 5.09. The van der Waals surface area contributed by atoms with Crippen LogP contribution in [0, 0.1) is 6.92 Å². The Balaban J connectivity index is 1.31. The van der Waals surface area contributed by atoms with E-state index in [0.717, 1.165) is 41.8 Å². The molecule has 1 fully saturated rings. The third kappa shape index (κ3) is 6.22. The number of likely N-dealkylation sites (tertiary alicyclic amines) is 1. The maximum atomic E-state index is 12.7. The number of anilines is 2. The molecule has 1 aliphatic heterocycles. The van der Waals surface area contributed by atoms with Crippen LogP contribution in [0.2, 0.25) is 5.02 Å². The molecular formula is C24H28ClN5O2S. The predicted molar refractivity (Wildman–Crippen MR) is 136 cm³/mol. The zero-order chi connectivity index (χ0) is 23.2. The average molecular weight is 486 g/mol. The summed E-state index contributed by atoms with van der Waals surface area (Å²) in [7, 11) is 0. The Bertz CT molecular complexity index is 1120. The van der Waals surface area contributed by atoms with E-state index >= 15 is 0 Å². The number of carbonyl (C=O) groups is 2. The van der Waals surface area contributed by atoms with E-state index in [9.17, 15) is 9.59 Å². The number of amides is 3. The van der Waals surface area contributed by atoms with Gasteiger partial charge in [0.15, 0.2) is 5.13 Å². The molecule has 0 atom stereocenters. The molecule has 0 bridgehead atoms. The number of thiazole rings is 1. The number of rotatable bonds is 7. The molecule has 2 aromatic carbocycles. The van der Waals surface area contributed by atoms with E-state index in [-0.39, 0.29) is 11.9 Å². The number of para-hydroxylation sites is 1. The number of piperidine rings is 1. The van der Waals surface area contributed by atoms with Crippen LogP contribution in [0.15, 0.2) is 36.4 Å². The molecule has 1 saturated heterocycles. The fourth-order valence-electron chi connectivity index (χ4n) is 3.92. The summed E-state index contributed by atoms with van der Waals surface area (Å²) < 4.78 is 0.818. The first kappa shape index (κ1) is 23.5. The van der Waals surface area contributed by atoms with Crippen LogP contribution in [0.5, 0.6) is 0 Å². The van der Waals surface area contributed by atoms with Crippen molar-refractivity contribution in [2.75, 3.05) is 36.8 Å². The normalized spacial score (nSPS) is 14.2. The Kier molecular flexibility index (Phi) is 7.80. The number of carbonyl (C=O) groups excluding carboxylic acids is 2. The minimum atomic E-state index is -0.264. The van der Waals surface area contributed by atoms with Gasteiger partial charge in [0, 0.05) is 12.1 Å². The van der Waals surface area contributed by atoms with Gasteiger partial charge in [-0.1, -0.05) is 41.5 Å². The summed E-state index contributed by atoms with van der Waals surface area (Å²) in [5, 5.41) is 9.57. The zero-order valence-electron chi connectivity index (χ0n) is 18.6. The van der Waals surface area contributed by atoms with Gasteiger partial charge in [-0.25, -0.2) is 9.78 Å². The maximum absolute atomic E-state index is 12.7. The zero-order valence-corrected chi connectivity index (χ0v) is 20.2. The Morgan fingerprint density at radius 2 is 1.94 bits per heavy atom. The van der Waals surface area contributed by atoms with Gasteiger partial charge in [0.05, 0.1) is 20.9 Å². The van der Waals surface area contributed by atoms with Gasteiger partial charge in [-0.2, -0.15) is 0 Å². The Morgan fingerprint density at radius 1 is 1.12 bits per heavy atom. The molecule has 3 amide bonds. The lowest BCUT2D eigenvalue weighted by Gasteiger charge is -2.26. The van der Waals surface area contributed by atoms with Crippen LogP contribution in [0.1, 0.15) is 41.6 Å². The van der Waals surface area contributed by atoms with Gasteiger partial charge in [-0.05, 0) is 75.6 Å². The highest BCUT2D eigenvalue weighted by molar-refractivity contribution is 7.22. The van der Waals surface area contributed by atoms with Crippen molar-refractivity contribution in [3.05, 3.63) is 52.5 Å². The number of hydrogen-bond acceptors (Lipinski definition) is 5. The standard InChI is InChI=1S/C24H28ClN5O2S/c1-16-7-5-8-18(25)21(16)28-22(31)17-9-10-19-20(15-17)33-24(27-19)29-23(32)26-11-6-14-30-12-3-2-4-13-30/h5,7-10,15H,2-4,6,11-14H2,1H3,(H,28,31)(H2,26,27,29,32). The number of nitrogens with one attached hydrogen (secondary N) is 3. The number of nitrogens with zero attached hydrogens (tertiary/aromatic N) is 2. The predicted octanol–water partition coefficient (Wildman–Crippen LogP) is 5.51. The summed E-state index contributed by atoms with van der Waals surface area (Å²) in [5.41, 5.74) is 2.72. The summed E-state index contributed by atoms with van der Waals surface area (Å²) >= 11 is 7.56. The third-order valence-corrected chi connectivity index (χ3v) is 6.97. The van der Waals surface area contributed by atoms with Crippen LogP contribution in [-0.4, -0.2) is 48.0 Å². The van der Waals surface area contributed by atoms with Crippen molar-refractivity contribution in [3.63, 3.8) is 0 Å². The first-order valence-corrected chi connectivity index (χ1v) is 12.4. The lowest BCUT2D eigenvalue weighted by atomic mass is 10.1. The molecule has 7 nitrogen and oxygen atoms in total. The maximum Gasteiger partial charge on any atom is 0.321 e. The van der Waals surface area contributed by atoms with Crippen molar-refractivity contribution in [2.24, 2.45) is 0 Å². The number of halogens is 1. The van der Waals surface area contributed by atoms with Crippen molar-refractivity contribution in [3.8, 4) is 0 Å². The first-order chi connectivity index (χ1) is 16.0. The number of hydrogen-bond donors (Lipinski definition) is 3. The minimum absolute atomic E-state index is 0.248. The van der Waals surface area contributed by atoms with Crippen LogP contribution in [0.25, 0.3) is 10.2 Å². The number of benzene rings is 2. The van der Waals surface area contributed by atoms with Gasteiger partial charge < -0.3 is 15.5 Å². The van der Waals surface area contributed by atoms with Gasteiger partial charge in [-0.3, -0.25) is 10.1 Å². The second-order valence-corrected chi connectivity index (χ2v) is 9.66. The summed E-state index contributed by atoms with van der Waals surface area (Å²) in [6.07, 6.45) is 4.80.